The van der Waals surface area contributed by atoms with Crippen LogP contribution in [0.25, 0.3) is 21.2 Å². The maximum atomic E-state index is 12.5. The summed E-state index contributed by atoms with van der Waals surface area (Å²) in [5.74, 6) is 0. The molecule has 0 bridgehead atoms. The van der Waals surface area contributed by atoms with E-state index < -0.39 is 0 Å². The van der Waals surface area contributed by atoms with Crippen LogP contribution in [0.15, 0.2) is 57.0 Å². The predicted molar refractivity (Wildman–Crippen MR) is 103 cm³/mol. The van der Waals surface area contributed by atoms with Gasteiger partial charge in [-0.25, -0.2) is 4.98 Å². The molecule has 0 aliphatic heterocycles. The third kappa shape index (κ3) is 3.01. The number of anilines is 1. The van der Waals surface area contributed by atoms with Crippen molar-refractivity contribution in [3.05, 3.63) is 69.0 Å². The molecule has 0 aliphatic carbocycles. The largest absolute Gasteiger partial charge is 0.463 e. The zero-order valence-corrected chi connectivity index (χ0v) is 14.7. The molecule has 2 aromatic carbocycles. The predicted octanol–water partition coefficient (Wildman–Crippen LogP) is 4.81. The number of rotatable bonds is 3. The molecule has 4 aromatic rings. The van der Waals surface area contributed by atoms with E-state index in [-0.39, 0.29) is 5.43 Å². The maximum absolute atomic E-state index is 12.5. The van der Waals surface area contributed by atoms with Crippen molar-refractivity contribution in [2.24, 2.45) is 5.10 Å². The highest BCUT2D eigenvalue weighted by Crippen LogP contribution is 2.30. The van der Waals surface area contributed by atoms with Crippen LogP contribution in [0.4, 0.5) is 5.13 Å². The summed E-state index contributed by atoms with van der Waals surface area (Å²) in [6, 6.07) is 11.1. The van der Waals surface area contributed by atoms with Gasteiger partial charge in [0, 0.05) is 0 Å². The third-order valence-corrected chi connectivity index (χ3v) is 4.92. The zero-order valence-electron chi connectivity index (χ0n) is 13.1. The number of nitrogens with zero attached hydrogens (tertiary/aromatic N) is 2. The van der Waals surface area contributed by atoms with Crippen LogP contribution < -0.4 is 10.9 Å². The van der Waals surface area contributed by atoms with Gasteiger partial charge < -0.3 is 4.42 Å². The Hall–Kier alpha value is -2.70. The number of benzene rings is 2. The topological polar surface area (TPSA) is 67.5 Å². The first-order valence-corrected chi connectivity index (χ1v) is 8.67. The molecule has 0 radical (unpaired) electrons. The number of hydrogen-bond donors (Lipinski definition) is 1. The summed E-state index contributed by atoms with van der Waals surface area (Å²) in [4.78, 5) is 16.9. The van der Waals surface area contributed by atoms with Gasteiger partial charge in [0.15, 0.2) is 0 Å². The van der Waals surface area contributed by atoms with E-state index in [2.05, 4.69) is 15.5 Å². The third-order valence-electron chi connectivity index (χ3n) is 3.69. The monoisotopic (exact) mass is 369 g/mol. The van der Waals surface area contributed by atoms with E-state index in [1.807, 2.05) is 31.2 Å². The molecular formula is C18H12ClN3O2S. The molecule has 7 heteroatoms. The second kappa shape index (κ2) is 6.31. The Balaban J connectivity index is 1.63. The maximum Gasteiger partial charge on any atom is 0.204 e. The van der Waals surface area contributed by atoms with Crippen molar-refractivity contribution in [2.45, 2.75) is 6.92 Å². The summed E-state index contributed by atoms with van der Waals surface area (Å²) in [5.41, 5.74) is 5.36. The quantitative estimate of drug-likeness (QED) is 0.415. The number of thiazole rings is 1. The average molecular weight is 370 g/mol. The van der Waals surface area contributed by atoms with Gasteiger partial charge in [0.1, 0.15) is 17.4 Å². The number of para-hydroxylation sites is 1. The van der Waals surface area contributed by atoms with Crippen LogP contribution in [0.1, 0.15) is 11.1 Å². The summed E-state index contributed by atoms with van der Waals surface area (Å²) in [6.07, 6.45) is 2.83. The Bertz CT molecular complexity index is 1180. The molecule has 0 saturated carbocycles. The van der Waals surface area contributed by atoms with Gasteiger partial charge in [0.25, 0.3) is 0 Å². The van der Waals surface area contributed by atoms with Crippen LogP contribution in [0.3, 0.4) is 0 Å². The standard InChI is InChI=1S/C18H12ClN3O2S/c1-10-5-6-14-12(7-10)17(23)11(9-24-14)8-20-22-18-21-16-13(19)3-2-4-15(16)25-18/h2-9H,1H3,(H,21,22)/b20-8-. The van der Waals surface area contributed by atoms with Crippen LogP contribution in [0.5, 0.6) is 0 Å². The number of halogens is 1. The van der Waals surface area contributed by atoms with Crippen molar-refractivity contribution >= 4 is 55.5 Å². The van der Waals surface area contributed by atoms with Crippen LogP contribution in [-0.2, 0) is 0 Å². The molecule has 2 heterocycles. The first kappa shape index (κ1) is 15.8. The van der Waals surface area contributed by atoms with Crippen molar-refractivity contribution in [3.8, 4) is 0 Å². The van der Waals surface area contributed by atoms with Crippen LogP contribution in [0.2, 0.25) is 5.02 Å². The molecule has 5 nitrogen and oxygen atoms in total. The number of nitrogens with one attached hydrogen (secondary N) is 1. The van der Waals surface area contributed by atoms with E-state index in [0.717, 1.165) is 15.8 Å². The molecule has 0 saturated heterocycles. The second-order valence-electron chi connectivity index (χ2n) is 5.50. The van der Waals surface area contributed by atoms with E-state index >= 15 is 0 Å². The van der Waals surface area contributed by atoms with E-state index in [9.17, 15) is 4.79 Å². The average Bonchev–Trinajstić information content (AvgIpc) is 3.02. The molecule has 0 amide bonds. The van der Waals surface area contributed by atoms with Crippen molar-refractivity contribution in [2.75, 3.05) is 5.43 Å². The Morgan fingerprint density at radius 3 is 3.04 bits per heavy atom. The highest BCUT2D eigenvalue weighted by Gasteiger charge is 2.07. The molecule has 0 aliphatic rings. The first-order valence-electron chi connectivity index (χ1n) is 7.48. The van der Waals surface area contributed by atoms with Gasteiger partial charge in [-0.3, -0.25) is 10.2 Å². The van der Waals surface area contributed by atoms with E-state index in [4.69, 9.17) is 16.0 Å². The van der Waals surface area contributed by atoms with Crippen molar-refractivity contribution in [3.63, 3.8) is 0 Å². The smallest absolute Gasteiger partial charge is 0.204 e. The zero-order chi connectivity index (χ0) is 17.4. The fourth-order valence-electron chi connectivity index (χ4n) is 2.47. The fraction of sp³-hybridized carbons (Fsp3) is 0.0556. The van der Waals surface area contributed by atoms with Crippen LogP contribution in [-0.4, -0.2) is 11.2 Å². The van der Waals surface area contributed by atoms with Crippen molar-refractivity contribution < 1.29 is 4.42 Å². The molecule has 25 heavy (non-hydrogen) atoms. The summed E-state index contributed by atoms with van der Waals surface area (Å²) < 4.78 is 6.46. The fourth-order valence-corrected chi connectivity index (χ4v) is 3.58. The van der Waals surface area contributed by atoms with Gasteiger partial charge in [0.05, 0.1) is 26.9 Å². The van der Waals surface area contributed by atoms with Crippen molar-refractivity contribution in [1.29, 1.82) is 0 Å². The molecule has 0 spiro atoms. The summed E-state index contributed by atoms with van der Waals surface area (Å²) in [5, 5.41) is 5.83. The number of aromatic nitrogens is 1. The highest BCUT2D eigenvalue weighted by atomic mass is 35.5. The molecule has 0 atom stereocenters. The van der Waals surface area contributed by atoms with Gasteiger partial charge >= 0.3 is 0 Å². The molecule has 1 N–H and O–H groups in total. The highest BCUT2D eigenvalue weighted by molar-refractivity contribution is 7.22. The second-order valence-corrected chi connectivity index (χ2v) is 6.93. The van der Waals surface area contributed by atoms with Crippen LogP contribution >= 0.6 is 22.9 Å². The van der Waals surface area contributed by atoms with Gasteiger partial charge in [-0.05, 0) is 31.2 Å². The number of hydrazone groups is 1. The Kier molecular flexibility index (Phi) is 3.99. The van der Waals surface area contributed by atoms with Crippen molar-refractivity contribution in [1.82, 2.24) is 4.98 Å². The molecule has 4 rings (SSSR count). The molecule has 124 valence electrons. The molecule has 2 aromatic heterocycles. The minimum absolute atomic E-state index is 0.122. The number of hydrogen-bond acceptors (Lipinski definition) is 6. The Labute approximate surface area is 151 Å². The molecule has 0 unspecified atom stereocenters. The van der Waals surface area contributed by atoms with Crippen LogP contribution in [0, 0.1) is 6.92 Å². The van der Waals surface area contributed by atoms with Gasteiger partial charge in [-0.2, -0.15) is 5.10 Å². The Morgan fingerprint density at radius 1 is 1.32 bits per heavy atom. The lowest BCUT2D eigenvalue weighted by atomic mass is 10.1. The van der Waals surface area contributed by atoms with Gasteiger partial charge in [-0.15, -0.1) is 0 Å². The first-order chi connectivity index (χ1) is 12.1. The lowest BCUT2D eigenvalue weighted by molar-refractivity contribution is 0.601. The minimum Gasteiger partial charge on any atom is -0.463 e. The molecule has 0 fully saturated rings. The van der Waals surface area contributed by atoms with E-state index in [0.29, 0.717) is 26.7 Å². The lowest BCUT2D eigenvalue weighted by Crippen LogP contribution is -2.08. The summed E-state index contributed by atoms with van der Waals surface area (Å²) >= 11 is 7.55. The van der Waals surface area contributed by atoms with Gasteiger partial charge in [0.2, 0.25) is 10.6 Å². The number of fused-ring (bicyclic) bond motifs is 2. The minimum atomic E-state index is -0.122. The Morgan fingerprint density at radius 2 is 2.20 bits per heavy atom. The summed E-state index contributed by atoms with van der Waals surface area (Å²) in [7, 11) is 0. The lowest BCUT2D eigenvalue weighted by Gasteiger charge is -1.99. The number of aryl methyl sites for hydroxylation is 1. The summed E-state index contributed by atoms with van der Waals surface area (Å²) in [6.45, 7) is 1.93. The molecular weight excluding hydrogens is 358 g/mol. The SMILES string of the molecule is Cc1ccc2occ(/C=N\Nc3nc4c(Cl)cccc4s3)c(=O)c2c1. The van der Waals surface area contributed by atoms with E-state index in [1.165, 1.54) is 23.8 Å². The van der Waals surface area contributed by atoms with E-state index in [1.54, 1.807) is 12.1 Å². The van der Waals surface area contributed by atoms with Gasteiger partial charge in [-0.1, -0.05) is 40.6 Å². The normalized spacial score (nSPS) is 11.6.